The summed E-state index contributed by atoms with van der Waals surface area (Å²) >= 11 is 0. The van der Waals surface area contributed by atoms with Crippen LogP contribution < -0.4 is 10.6 Å². The van der Waals surface area contributed by atoms with Gasteiger partial charge in [0.2, 0.25) is 5.91 Å². The van der Waals surface area contributed by atoms with Crippen molar-refractivity contribution in [3.8, 4) is 22.4 Å². The van der Waals surface area contributed by atoms with E-state index >= 15 is 0 Å². The molecule has 0 saturated carbocycles. The van der Waals surface area contributed by atoms with Crippen LogP contribution in [0.25, 0.3) is 22.4 Å². The first-order chi connectivity index (χ1) is 18.5. The lowest BCUT2D eigenvalue weighted by molar-refractivity contribution is -0.137. The van der Waals surface area contributed by atoms with Crippen molar-refractivity contribution in [2.24, 2.45) is 0 Å². The largest absolute Gasteiger partial charge is 0.481 e. The molecule has 0 bridgehead atoms. The molecule has 0 fully saturated rings. The van der Waals surface area contributed by atoms with Crippen molar-refractivity contribution in [3.63, 3.8) is 0 Å². The topological polar surface area (TPSA) is 108 Å². The summed E-state index contributed by atoms with van der Waals surface area (Å²) < 4.78 is 0. The molecule has 192 valence electrons. The van der Waals surface area contributed by atoms with E-state index in [9.17, 15) is 14.4 Å². The van der Waals surface area contributed by atoms with Gasteiger partial charge < -0.3 is 15.7 Å². The van der Waals surface area contributed by atoms with Crippen LogP contribution >= 0.6 is 0 Å². The molecule has 4 aromatic rings. The number of nitrogens with zero attached hydrogens (tertiary/aromatic N) is 1. The predicted molar refractivity (Wildman–Crippen MR) is 146 cm³/mol. The summed E-state index contributed by atoms with van der Waals surface area (Å²) in [6, 6.07) is 29.6. The fourth-order valence-corrected chi connectivity index (χ4v) is 4.05. The van der Waals surface area contributed by atoms with Crippen molar-refractivity contribution in [3.05, 3.63) is 114 Å². The number of pyridine rings is 1. The molecular weight excluding hydrogens is 478 g/mol. The minimum atomic E-state index is -1.03. The fourth-order valence-electron chi connectivity index (χ4n) is 4.05. The van der Waals surface area contributed by atoms with Crippen LogP contribution in [0.1, 0.15) is 28.8 Å². The van der Waals surface area contributed by atoms with Crippen LogP contribution in [0.4, 0.5) is 0 Å². The molecule has 7 nitrogen and oxygen atoms in total. The average molecular weight is 508 g/mol. The number of nitrogens with one attached hydrogen (secondary N) is 2. The van der Waals surface area contributed by atoms with E-state index in [0.717, 1.165) is 27.9 Å². The number of rotatable bonds is 11. The Morgan fingerprint density at radius 1 is 0.763 bits per heavy atom. The lowest BCUT2D eigenvalue weighted by Crippen LogP contribution is -2.47. The quantitative estimate of drug-likeness (QED) is 0.272. The third-order valence-electron chi connectivity index (χ3n) is 6.15. The Morgan fingerprint density at radius 3 is 2.08 bits per heavy atom. The zero-order chi connectivity index (χ0) is 26.7. The van der Waals surface area contributed by atoms with Gasteiger partial charge >= 0.3 is 5.97 Å². The number of hydrogen-bond acceptors (Lipinski definition) is 4. The normalized spacial score (nSPS) is 11.4. The molecule has 7 heteroatoms. The van der Waals surface area contributed by atoms with Crippen LogP contribution in [0.5, 0.6) is 0 Å². The molecule has 38 heavy (non-hydrogen) atoms. The zero-order valence-corrected chi connectivity index (χ0v) is 20.8. The first kappa shape index (κ1) is 26.3. The lowest BCUT2D eigenvalue weighted by Gasteiger charge is -2.18. The van der Waals surface area contributed by atoms with Crippen LogP contribution in [-0.4, -0.2) is 40.5 Å². The van der Waals surface area contributed by atoms with Crippen LogP contribution in [0.15, 0.2) is 103 Å². The second-order valence-corrected chi connectivity index (χ2v) is 8.85. The second kappa shape index (κ2) is 13.0. The summed E-state index contributed by atoms with van der Waals surface area (Å²) in [5.74, 6) is -1.87. The third kappa shape index (κ3) is 7.36. The predicted octanol–water partition coefficient (Wildman–Crippen LogP) is 4.74. The van der Waals surface area contributed by atoms with E-state index in [1.165, 1.54) is 0 Å². The first-order valence-corrected chi connectivity index (χ1v) is 12.5. The van der Waals surface area contributed by atoms with Gasteiger partial charge in [-0.25, -0.2) is 0 Å². The smallest absolute Gasteiger partial charge is 0.303 e. The number of benzene rings is 3. The molecule has 0 spiro atoms. The van der Waals surface area contributed by atoms with Crippen LogP contribution in [-0.2, 0) is 16.0 Å². The summed E-state index contributed by atoms with van der Waals surface area (Å²) in [4.78, 5) is 41.2. The standard InChI is InChI=1S/C31H29N3O4/c35-29(36)18-17-28(34-30(37)26-15-13-24(14-16-26)23-6-2-1-3-7-23)31(38)33-21-19-22-9-11-25(12-10-22)27-8-4-5-20-32-27/h1-16,20,28H,17-19,21H2,(H,33,38)(H,34,37)(H,35,36)/t28-/m0/s1. The van der Waals surface area contributed by atoms with Crippen molar-refractivity contribution in [1.29, 1.82) is 0 Å². The highest BCUT2D eigenvalue weighted by Crippen LogP contribution is 2.19. The van der Waals surface area contributed by atoms with Gasteiger partial charge in [0.1, 0.15) is 6.04 Å². The molecule has 3 aromatic carbocycles. The number of amides is 2. The number of aliphatic carboxylic acids is 1. The second-order valence-electron chi connectivity index (χ2n) is 8.85. The highest BCUT2D eigenvalue weighted by atomic mass is 16.4. The molecule has 0 saturated heterocycles. The fraction of sp³-hybridized carbons (Fsp3) is 0.161. The minimum Gasteiger partial charge on any atom is -0.481 e. The summed E-state index contributed by atoms with van der Waals surface area (Å²) in [5, 5.41) is 14.6. The van der Waals surface area contributed by atoms with E-state index in [4.69, 9.17) is 5.11 Å². The molecule has 1 aromatic heterocycles. The van der Waals surface area contributed by atoms with Crippen molar-refractivity contribution in [1.82, 2.24) is 15.6 Å². The van der Waals surface area contributed by atoms with E-state index in [0.29, 0.717) is 18.5 Å². The summed E-state index contributed by atoms with van der Waals surface area (Å²) in [6.45, 7) is 0.354. The van der Waals surface area contributed by atoms with Gasteiger partial charge in [-0.05, 0) is 53.8 Å². The highest BCUT2D eigenvalue weighted by molar-refractivity contribution is 5.98. The van der Waals surface area contributed by atoms with Crippen molar-refractivity contribution in [2.45, 2.75) is 25.3 Å². The Balaban J connectivity index is 1.33. The van der Waals surface area contributed by atoms with Gasteiger partial charge in [0.25, 0.3) is 5.91 Å². The minimum absolute atomic E-state index is 0.00617. The van der Waals surface area contributed by atoms with E-state index < -0.39 is 23.8 Å². The summed E-state index contributed by atoms with van der Waals surface area (Å²) in [7, 11) is 0. The maximum Gasteiger partial charge on any atom is 0.303 e. The number of carbonyl (C=O) groups is 3. The Morgan fingerprint density at radius 2 is 1.42 bits per heavy atom. The van der Waals surface area contributed by atoms with Gasteiger partial charge in [0.05, 0.1) is 5.69 Å². The molecule has 3 N–H and O–H groups in total. The van der Waals surface area contributed by atoms with Gasteiger partial charge in [-0.3, -0.25) is 19.4 Å². The van der Waals surface area contributed by atoms with Crippen molar-refractivity contribution >= 4 is 17.8 Å². The van der Waals surface area contributed by atoms with E-state index in [1.807, 2.05) is 84.9 Å². The van der Waals surface area contributed by atoms with Gasteiger partial charge in [-0.15, -0.1) is 0 Å². The molecule has 0 aliphatic rings. The van der Waals surface area contributed by atoms with Crippen molar-refractivity contribution < 1.29 is 19.5 Å². The lowest BCUT2D eigenvalue weighted by atomic mass is 10.0. The monoisotopic (exact) mass is 507 g/mol. The number of aromatic nitrogens is 1. The van der Waals surface area contributed by atoms with E-state index in [-0.39, 0.29) is 12.8 Å². The summed E-state index contributed by atoms with van der Waals surface area (Å²) in [6.07, 6.45) is 2.10. The molecular formula is C31H29N3O4. The van der Waals surface area contributed by atoms with Crippen LogP contribution in [0.2, 0.25) is 0 Å². The zero-order valence-electron chi connectivity index (χ0n) is 20.8. The molecule has 2 amide bonds. The highest BCUT2D eigenvalue weighted by Gasteiger charge is 2.22. The van der Waals surface area contributed by atoms with E-state index in [2.05, 4.69) is 15.6 Å². The molecule has 0 radical (unpaired) electrons. The Labute approximate surface area is 221 Å². The number of carboxylic acids is 1. The third-order valence-corrected chi connectivity index (χ3v) is 6.15. The van der Waals surface area contributed by atoms with Gasteiger partial charge in [0, 0.05) is 30.3 Å². The SMILES string of the molecule is O=C(O)CC[C@H](NC(=O)c1ccc(-c2ccccc2)cc1)C(=O)NCCc1ccc(-c2ccccn2)cc1. The number of carboxylic acid groups (broad SMARTS) is 1. The molecule has 1 heterocycles. The Hall–Kier alpha value is -4.78. The van der Waals surface area contributed by atoms with Gasteiger partial charge in [0.15, 0.2) is 0 Å². The number of hydrogen-bond donors (Lipinski definition) is 3. The molecule has 0 aliphatic carbocycles. The van der Waals surface area contributed by atoms with Crippen LogP contribution in [0.3, 0.4) is 0 Å². The molecule has 0 unspecified atom stereocenters. The summed E-state index contributed by atoms with van der Waals surface area (Å²) in [5.41, 5.74) is 5.33. The Kier molecular flexibility index (Phi) is 8.97. The average Bonchev–Trinajstić information content (AvgIpc) is 2.96. The van der Waals surface area contributed by atoms with Crippen LogP contribution in [0, 0.1) is 0 Å². The van der Waals surface area contributed by atoms with Crippen molar-refractivity contribution in [2.75, 3.05) is 6.54 Å². The molecule has 1 atom stereocenters. The maximum atomic E-state index is 12.9. The maximum absolute atomic E-state index is 12.9. The molecule has 4 rings (SSSR count). The van der Waals surface area contributed by atoms with Gasteiger partial charge in [-0.2, -0.15) is 0 Å². The molecule has 0 aliphatic heterocycles. The van der Waals surface area contributed by atoms with Gasteiger partial charge in [-0.1, -0.05) is 72.8 Å². The Bertz CT molecular complexity index is 1360. The number of carbonyl (C=O) groups excluding carboxylic acids is 2. The first-order valence-electron chi connectivity index (χ1n) is 12.5. The van der Waals surface area contributed by atoms with E-state index in [1.54, 1.807) is 18.3 Å².